The van der Waals surface area contributed by atoms with Crippen molar-refractivity contribution >= 4 is 17.6 Å². The largest absolute Gasteiger partial charge is 0.481 e. The van der Waals surface area contributed by atoms with Gasteiger partial charge in [-0.1, -0.05) is 35.5 Å². The van der Waals surface area contributed by atoms with Crippen molar-refractivity contribution in [2.24, 2.45) is 5.16 Å². The van der Waals surface area contributed by atoms with Crippen LogP contribution in [-0.2, 0) is 14.4 Å². The fraction of sp³-hybridized carbons (Fsp3) is 0.308. The van der Waals surface area contributed by atoms with Gasteiger partial charge in [0, 0.05) is 13.0 Å². The molecule has 2 rings (SSSR count). The summed E-state index contributed by atoms with van der Waals surface area (Å²) in [5.74, 6) is -1.29. The minimum Gasteiger partial charge on any atom is -0.481 e. The van der Waals surface area contributed by atoms with Crippen molar-refractivity contribution in [3.63, 3.8) is 0 Å². The molecule has 0 fully saturated rings. The lowest BCUT2D eigenvalue weighted by Gasteiger charge is -2.08. The van der Waals surface area contributed by atoms with Crippen LogP contribution in [-0.4, -0.2) is 35.3 Å². The van der Waals surface area contributed by atoms with E-state index in [-0.39, 0.29) is 18.9 Å². The first-order chi connectivity index (χ1) is 9.16. The molecule has 0 bridgehead atoms. The number of hydrogen-bond donors (Lipinski definition) is 2. The SMILES string of the molecule is O=C(O)CCNC(=O)C1CC(c2ccccc2)=NO1. The van der Waals surface area contributed by atoms with E-state index in [9.17, 15) is 9.59 Å². The van der Waals surface area contributed by atoms with Crippen LogP contribution in [0, 0.1) is 0 Å². The minimum atomic E-state index is -0.950. The second-order valence-corrected chi connectivity index (χ2v) is 4.14. The van der Waals surface area contributed by atoms with Gasteiger partial charge in [-0.2, -0.15) is 0 Å². The molecule has 0 spiro atoms. The van der Waals surface area contributed by atoms with E-state index in [1.165, 1.54) is 0 Å². The number of carbonyl (C=O) groups is 2. The highest BCUT2D eigenvalue weighted by Crippen LogP contribution is 2.16. The predicted octanol–water partition coefficient (Wildman–Crippen LogP) is 0.770. The lowest BCUT2D eigenvalue weighted by atomic mass is 10.0. The number of carboxylic acids is 1. The number of carbonyl (C=O) groups excluding carboxylic acids is 1. The first-order valence-corrected chi connectivity index (χ1v) is 5.94. The van der Waals surface area contributed by atoms with E-state index in [1.54, 1.807) is 0 Å². The van der Waals surface area contributed by atoms with Crippen molar-refractivity contribution in [1.82, 2.24) is 5.32 Å². The highest BCUT2D eigenvalue weighted by atomic mass is 16.6. The Kier molecular flexibility index (Phi) is 4.12. The third kappa shape index (κ3) is 3.54. The summed E-state index contributed by atoms with van der Waals surface area (Å²) >= 11 is 0. The van der Waals surface area contributed by atoms with Gasteiger partial charge in [-0.25, -0.2) is 0 Å². The van der Waals surface area contributed by atoms with Crippen LogP contribution in [0.3, 0.4) is 0 Å². The molecular formula is C13H14N2O4. The molecule has 19 heavy (non-hydrogen) atoms. The van der Waals surface area contributed by atoms with Crippen molar-refractivity contribution < 1.29 is 19.5 Å². The third-order valence-electron chi connectivity index (χ3n) is 2.71. The number of benzene rings is 1. The molecule has 0 radical (unpaired) electrons. The molecule has 0 saturated carbocycles. The summed E-state index contributed by atoms with van der Waals surface area (Å²) in [7, 11) is 0. The highest BCUT2D eigenvalue weighted by molar-refractivity contribution is 6.04. The number of rotatable bonds is 5. The molecule has 1 aromatic rings. The first-order valence-electron chi connectivity index (χ1n) is 5.94. The molecule has 0 aromatic heterocycles. The van der Waals surface area contributed by atoms with Crippen molar-refractivity contribution in [2.45, 2.75) is 18.9 Å². The standard InChI is InChI=1S/C13H14N2O4/c16-12(17)6-7-14-13(18)11-8-10(15-19-11)9-4-2-1-3-5-9/h1-5,11H,6-8H2,(H,14,18)(H,16,17). The second-order valence-electron chi connectivity index (χ2n) is 4.14. The second kappa shape index (κ2) is 5.99. The number of nitrogens with one attached hydrogen (secondary N) is 1. The van der Waals surface area contributed by atoms with Crippen LogP contribution >= 0.6 is 0 Å². The van der Waals surface area contributed by atoms with Crippen molar-refractivity contribution in [2.75, 3.05) is 6.54 Å². The van der Waals surface area contributed by atoms with Gasteiger partial charge in [0.15, 0.2) is 0 Å². The van der Waals surface area contributed by atoms with E-state index in [2.05, 4.69) is 10.5 Å². The van der Waals surface area contributed by atoms with Crippen LogP contribution in [0.25, 0.3) is 0 Å². The molecule has 0 aliphatic carbocycles. The molecule has 1 amide bonds. The van der Waals surface area contributed by atoms with Gasteiger partial charge in [-0.3, -0.25) is 9.59 Å². The van der Waals surface area contributed by atoms with E-state index in [1.807, 2.05) is 30.3 Å². The van der Waals surface area contributed by atoms with E-state index in [4.69, 9.17) is 9.94 Å². The van der Waals surface area contributed by atoms with Gasteiger partial charge < -0.3 is 15.3 Å². The molecule has 1 heterocycles. The average Bonchev–Trinajstić information content (AvgIpc) is 2.89. The van der Waals surface area contributed by atoms with Crippen molar-refractivity contribution in [3.05, 3.63) is 35.9 Å². The average molecular weight is 262 g/mol. The van der Waals surface area contributed by atoms with E-state index < -0.39 is 12.1 Å². The first kappa shape index (κ1) is 13.1. The molecule has 1 unspecified atom stereocenters. The summed E-state index contributed by atoms with van der Waals surface area (Å²) in [5, 5.41) is 14.9. The summed E-state index contributed by atoms with van der Waals surface area (Å²) in [5.41, 5.74) is 1.64. The smallest absolute Gasteiger partial charge is 0.305 e. The fourth-order valence-electron chi connectivity index (χ4n) is 1.73. The number of aliphatic carboxylic acids is 1. The zero-order chi connectivity index (χ0) is 13.7. The van der Waals surface area contributed by atoms with Crippen LogP contribution < -0.4 is 5.32 Å². The van der Waals surface area contributed by atoms with Gasteiger partial charge in [0.2, 0.25) is 6.10 Å². The zero-order valence-electron chi connectivity index (χ0n) is 10.2. The minimum absolute atomic E-state index is 0.0920. The van der Waals surface area contributed by atoms with Crippen molar-refractivity contribution in [1.29, 1.82) is 0 Å². The quantitative estimate of drug-likeness (QED) is 0.820. The number of hydrogen-bond acceptors (Lipinski definition) is 4. The number of carboxylic acid groups (broad SMARTS) is 1. The number of oxime groups is 1. The van der Waals surface area contributed by atoms with Gasteiger partial charge in [0.05, 0.1) is 12.1 Å². The Morgan fingerprint density at radius 1 is 1.37 bits per heavy atom. The molecule has 6 nitrogen and oxygen atoms in total. The van der Waals surface area contributed by atoms with Crippen LogP contribution in [0.1, 0.15) is 18.4 Å². The highest BCUT2D eigenvalue weighted by Gasteiger charge is 2.28. The molecule has 100 valence electrons. The normalized spacial score (nSPS) is 17.5. The molecule has 1 atom stereocenters. The van der Waals surface area contributed by atoms with Gasteiger partial charge in [0.25, 0.3) is 5.91 Å². The Hall–Kier alpha value is -2.37. The summed E-state index contributed by atoms with van der Waals surface area (Å²) in [6.45, 7) is 0.0920. The lowest BCUT2D eigenvalue weighted by molar-refractivity contribution is -0.137. The van der Waals surface area contributed by atoms with Crippen LogP contribution in [0.2, 0.25) is 0 Å². The topological polar surface area (TPSA) is 88.0 Å². The Balaban J connectivity index is 1.84. The van der Waals surface area contributed by atoms with Gasteiger partial charge in [-0.15, -0.1) is 0 Å². The maximum Gasteiger partial charge on any atom is 0.305 e. The van der Waals surface area contributed by atoms with E-state index in [0.717, 1.165) is 11.3 Å². The summed E-state index contributed by atoms with van der Waals surface area (Å²) < 4.78 is 0. The van der Waals surface area contributed by atoms with Gasteiger partial charge in [-0.05, 0) is 5.56 Å². The Morgan fingerprint density at radius 2 is 2.11 bits per heavy atom. The predicted molar refractivity (Wildman–Crippen MR) is 67.7 cm³/mol. The lowest BCUT2D eigenvalue weighted by Crippen LogP contribution is -2.36. The Morgan fingerprint density at radius 3 is 2.79 bits per heavy atom. The molecular weight excluding hydrogens is 248 g/mol. The Labute approximate surface area is 110 Å². The van der Waals surface area contributed by atoms with E-state index in [0.29, 0.717) is 6.42 Å². The Bertz CT molecular complexity index is 499. The summed E-state index contributed by atoms with van der Waals surface area (Å²) in [6.07, 6.45) is -0.391. The zero-order valence-corrected chi connectivity index (χ0v) is 10.2. The van der Waals surface area contributed by atoms with E-state index >= 15 is 0 Å². The van der Waals surface area contributed by atoms with Crippen LogP contribution in [0.5, 0.6) is 0 Å². The number of amides is 1. The van der Waals surface area contributed by atoms with Crippen LogP contribution in [0.4, 0.5) is 0 Å². The molecule has 1 aromatic carbocycles. The molecule has 1 aliphatic rings. The monoisotopic (exact) mass is 262 g/mol. The van der Waals surface area contributed by atoms with Gasteiger partial charge >= 0.3 is 5.97 Å². The van der Waals surface area contributed by atoms with Crippen molar-refractivity contribution in [3.8, 4) is 0 Å². The maximum absolute atomic E-state index is 11.7. The molecule has 1 aliphatic heterocycles. The maximum atomic E-state index is 11.7. The molecule has 6 heteroatoms. The summed E-state index contributed by atoms with van der Waals surface area (Å²) in [4.78, 5) is 27.1. The van der Waals surface area contributed by atoms with Crippen LogP contribution in [0.15, 0.2) is 35.5 Å². The summed E-state index contributed by atoms with van der Waals surface area (Å²) in [6, 6.07) is 9.46. The third-order valence-corrected chi connectivity index (χ3v) is 2.71. The number of nitrogens with zero attached hydrogens (tertiary/aromatic N) is 1. The van der Waals surface area contributed by atoms with Gasteiger partial charge in [0.1, 0.15) is 0 Å². The molecule has 0 saturated heterocycles. The molecule has 2 N–H and O–H groups in total. The fourth-order valence-corrected chi connectivity index (χ4v) is 1.73.